The Morgan fingerprint density at radius 3 is 2.20 bits per heavy atom. The minimum atomic E-state index is -0.152. The molecule has 20 heavy (non-hydrogen) atoms. The van der Waals surface area contributed by atoms with Crippen molar-refractivity contribution in [3.05, 3.63) is 11.6 Å². The molecule has 1 heterocycles. The van der Waals surface area contributed by atoms with Gasteiger partial charge in [-0.3, -0.25) is 5.10 Å². The monoisotopic (exact) mass is 274 g/mol. The van der Waals surface area contributed by atoms with E-state index in [4.69, 9.17) is 4.98 Å². The van der Waals surface area contributed by atoms with E-state index in [2.05, 4.69) is 29.4 Å². The molecular formula is C16H26N4. The zero-order chi connectivity index (χ0) is 13.9. The van der Waals surface area contributed by atoms with Crippen LogP contribution in [0.25, 0.3) is 0 Å². The Labute approximate surface area is 121 Å². The van der Waals surface area contributed by atoms with E-state index in [1.165, 1.54) is 32.1 Å². The SMILES string of the molecule is CNC(C)(C)c1n[nH]c(C2C3CC4CC(C3)CC2C4)n1. The van der Waals surface area contributed by atoms with Crippen molar-refractivity contribution in [1.82, 2.24) is 20.5 Å². The molecule has 4 fully saturated rings. The van der Waals surface area contributed by atoms with E-state index >= 15 is 0 Å². The summed E-state index contributed by atoms with van der Waals surface area (Å²) in [5.41, 5.74) is -0.152. The summed E-state index contributed by atoms with van der Waals surface area (Å²) >= 11 is 0. The summed E-state index contributed by atoms with van der Waals surface area (Å²) in [5, 5.41) is 11.1. The summed E-state index contributed by atoms with van der Waals surface area (Å²) < 4.78 is 0. The van der Waals surface area contributed by atoms with Gasteiger partial charge in [0.05, 0.1) is 5.54 Å². The second-order valence-corrected chi connectivity index (χ2v) is 7.88. The lowest BCUT2D eigenvalue weighted by atomic mass is 9.52. The number of nitrogens with one attached hydrogen (secondary N) is 2. The number of H-pyrrole nitrogens is 1. The normalized spacial score (nSPS) is 39.5. The smallest absolute Gasteiger partial charge is 0.170 e. The maximum atomic E-state index is 4.87. The zero-order valence-electron chi connectivity index (χ0n) is 12.8. The van der Waals surface area contributed by atoms with Gasteiger partial charge in [0.2, 0.25) is 0 Å². The minimum absolute atomic E-state index is 0.152. The van der Waals surface area contributed by atoms with Gasteiger partial charge in [0, 0.05) is 5.92 Å². The molecule has 4 bridgehead atoms. The number of hydrogen-bond acceptors (Lipinski definition) is 3. The van der Waals surface area contributed by atoms with Gasteiger partial charge in [-0.05, 0) is 76.7 Å². The summed E-state index contributed by atoms with van der Waals surface area (Å²) in [6.07, 6.45) is 7.24. The predicted octanol–water partition coefficient (Wildman–Crippen LogP) is 2.80. The molecule has 4 heteroatoms. The van der Waals surface area contributed by atoms with Crippen molar-refractivity contribution in [2.75, 3.05) is 7.05 Å². The van der Waals surface area contributed by atoms with Crippen LogP contribution < -0.4 is 5.32 Å². The Kier molecular flexibility index (Phi) is 2.75. The lowest BCUT2D eigenvalue weighted by Crippen LogP contribution is -2.44. The van der Waals surface area contributed by atoms with Gasteiger partial charge in [0.25, 0.3) is 0 Å². The highest BCUT2D eigenvalue weighted by Crippen LogP contribution is 2.59. The summed E-state index contributed by atoms with van der Waals surface area (Å²) in [6, 6.07) is 0. The van der Waals surface area contributed by atoms with Gasteiger partial charge in [-0.2, -0.15) is 5.10 Å². The lowest BCUT2D eigenvalue weighted by molar-refractivity contribution is -0.00558. The molecule has 1 aromatic heterocycles. The summed E-state index contributed by atoms with van der Waals surface area (Å²) in [6.45, 7) is 4.27. The Bertz CT molecular complexity index is 476. The first-order chi connectivity index (χ1) is 9.56. The van der Waals surface area contributed by atoms with E-state index in [9.17, 15) is 0 Å². The topological polar surface area (TPSA) is 53.6 Å². The van der Waals surface area contributed by atoms with Crippen LogP contribution in [0.15, 0.2) is 0 Å². The van der Waals surface area contributed by atoms with E-state index < -0.39 is 0 Å². The van der Waals surface area contributed by atoms with Gasteiger partial charge < -0.3 is 5.32 Å². The fourth-order valence-electron chi connectivity index (χ4n) is 5.19. The van der Waals surface area contributed by atoms with Crippen LogP contribution in [-0.4, -0.2) is 22.2 Å². The Morgan fingerprint density at radius 1 is 1.05 bits per heavy atom. The first-order valence-electron chi connectivity index (χ1n) is 8.18. The third kappa shape index (κ3) is 1.84. The second-order valence-electron chi connectivity index (χ2n) is 7.88. The van der Waals surface area contributed by atoms with Crippen LogP contribution in [-0.2, 0) is 5.54 Å². The highest BCUT2D eigenvalue weighted by molar-refractivity contribution is 5.13. The molecule has 0 unspecified atom stereocenters. The molecule has 5 rings (SSSR count). The Morgan fingerprint density at radius 2 is 1.65 bits per heavy atom. The van der Waals surface area contributed by atoms with Gasteiger partial charge in [0.1, 0.15) is 5.82 Å². The molecule has 0 saturated heterocycles. The molecule has 110 valence electrons. The van der Waals surface area contributed by atoms with Crippen molar-refractivity contribution < 1.29 is 0 Å². The van der Waals surface area contributed by atoms with Crippen LogP contribution in [0.5, 0.6) is 0 Å². The molecule has 0 atom stereocenters. The van der Waals surface area contributed by atoms with Crippen LogP contribution in [0.2, 0.25) is 0 Å². The first kappa shape index (κ1) is 12.8. The average molecular weight is 274 g/mol. The third-order valence-corrected chi connectivity index (χ3v) is 6.23. The molecule has 4 nitrogen and oxygen atoms in total. The quantitative estimate of drug-likeness (QED) is 0.891. The minimum Gasteiger partial charge on any atom is -0.308 e. The number of nitrogens with zero attached hydrogens (tertiary/aromatic N) is 2. The van der Waals surface area contributed by atoms with Crippen molar-refractivity contribution in [2.45, 2.75) is 57.4 Å². The molecule has 4 aliphatic carbocycles. The maximum absolute atomic E-state index is 4.87. The van der Waals surface area contributed by atoms with Gasteiger partial charge in [-0.15, -0.1) is 0 Å². The first-order valence-corrected chi connectivity index (χ1v) is 8.18. The largest absolute Gasteiger partial charge is 0.308 e. The van der Waals surface area contributed by atoms with Crippen LogP contribution in [0.3, 0.4) is 0 Å². The molecule has 0 amide bonds. The standard InChI is InChI=1S/C16H26N4/c1-16(2,17-3)15-18-14(19-20-15)13-11-5-9-4-10(7-11)8-12(13)6-9/h9-13,17H,4-8H2,1-3H3,(H,18,19,20). The molecule has 4 aliphatic rings. The molecule has 0 spiro atoms. The lowest BCUT2D eigenvalue weighted by Gasteiger charge is -2.53. The maximum Gasteiger partial charge on any atom is 0.170 e. The van der Waals surface area contributed by atoms with Crippen LogP contribution in [0, 0.1) is 23.7 Å². The molecule has 4 saturated carbocycles. The van der Waals surface area contributed by atoms with Crippen molar-refractivity contribution in [2.24, 2.45) is 23.7 Å². The Hall–Kier alpha value is -0.900. The van der Waals surface area contributed by atoms with Gasteiger partial charge >= 0.3 is 0 Å². The van der Waals surface area contributed by atoms with Crippen molar-refractivity contribution >= 4 is 0 Å². The van der Waals surface area contributed by atoms with Crippen LogP contribution in [0.1, 0.15) is 63.5 Å². The van der Waals surface area contributed by atoms with Crippen molar-refractivity contribution in [1.29, 1.82) is 0 Å². The van der Waals surface area contributed by atoms with E-state index in [0.29, 0.717) is 5.92 Å². The average Bonchev–Trinajstić information content (AvgIpc) is 2.88. The highest BCUT2D eigenvalue weighted by atomic mass is 15.2. The predicted molar refractivity (Wildman–Crippen MR) is 78.3 cm³/mol. The van der Waals surface area contributed by atoms with Crippen LogP contribution in [0.4, 0.5) is 0 Å². The third-order valence-electron chi connectivity index (χ3n) is 6.23. The number of aromatic nitrogens is 3. The molecule has 1 aromatic rings. The van der Waals surface area contributed by atoms with E-state index in [-0.39, 0.29) is 5.54 Å². The van der Waals surface area contributed by atoms with Crippen molar-refractivity contribution in [3.8, 4) is 0 Å². The summed E-state index contributed by atoms with van der Waals surface area (Å²) in [5.74, 6) is 6.49. The van der Waals surface area contributed by atoms with Gasteiger partial charge in [-0.1, -0.05) is 0 Å². The van der Waals surface area contributed by atoms with E-state index in [1.807, 2.05) is 7.05 Å². The van der Waals surface area contributed by atoms with Crippen molar-refractivity contribution in [3.63, 3.8) is 0 Å². The molecular weight excluding hydrogens is 248 g/mol. The molecule has 0 aliphatic heterocycles. The molecule has 0 radical (unpaired) electrons. The molecule has 2 N–H and O–H groups in total. The Balaban J connectivity index is 1.62. The summed E-state index contributed by atoms with van der Waals surface area (Å²) in [4.78, 5) is 4.87. The summed E-state index contributed by atoms with van der Waals surface area (Å²) in [7, 11) is 1.97. The zero-order valence-corrected chi connectivity index (χ0v) is 12.8. The highest BCUT2D eigenvalue weighted by Gasteiger charge is 2.49. The van der Waals surface area contributed by atoms with Gasteiger partial charge in [-0.25, -0.2) is 4.98 Å². The fourth-order valence-corrected chi connectivity index (χ4v) is 5.19. The number of hydrogen-bond donors (Lipinski definition) is 2. The van der Waals surface area contributed by atoms with Crippen LogP contribution >= 0.6 is 0 Å². The number of rotatable bonds is 3. The molecule has 0 aromatic carbocycles. The second kappa shape index (κ2) is 4.30. The van der Waals surface area contributed by atoms with E-state index in [1.54, 1.807) is 0 Å². The van der Waals surface area contributed by atoms with Gasteiger partial charge in [0.15, 0.2) is 5.82 Å². The fraction of sp³-hybridized carbons (Fsp3) is 0.875. The number of aromatic amines is 1. The van der Waals surface area contributed by atoms with E-state index in [0.717, 1.165) is 35.3 Å².